The van der Waals surface area contributed by atoms with Crippen molar-refractivity contribution in [2.24, 2.45) is 0 Å². The second-order valence-corrected chi connectivity index (χ2v) is 4.65. The Kier molecular flexibility index (Phi) is 4.54. The first-order valence-corrected chi connectivity index (χ1v) is 6.61. The summed E-state index contributed by atoms with van der Waals surface area (Å²) in [6, 6.07) is 0. The quantitative estimate of drug-likeness (QED) is 0.567. The summed E-state index contributed by atoms with van der Waals surface area (Å²) in [6.07, 6.45) is 6.88. The highest BCUT2D eigenvalue weighted by atomic mass is 16.8. The number of hydrogen-bond acceptors (Lipinski definition) is 5. The second-order valence-electron chi connectivity index (χ2n) is 4.65. The molecule has 0 saturated carbocycles. The Morgan fingerprint density at radius 3 is 2.42 bits per heavy atom. The van der Waals surface area contributed by atoms with Crippen LogP contribution in [0.25, 0.3) is 0 Å². The maximum absolute atomic E-state index is 11.5. The predicted molar refractivity (Wildman–Crippen MR) is 64.4 cm³/mol. The van der Waals surface area contributed by atoms with Crippen molar-refractivity contribution < 1.29 is 24.0 Å². The number of imide groups is 1. The molecule has 19 heavy (non-hydrogen) atoms. The van der Waals surface area contributed by atoms with Crippen molar-refractivity contribution in [2.75, 3.05) is 0 Å². The molecule has 0 aromatic rings. The van der Waals surface area contributed by atoms with Gasteiger partial charge in [-0.3, -0.25) is 14.4 Å². The topological polar surface area (TPSA) is 72.9 Å². The average Bonchev–Trinajstić information content (AvgIpc) is 2.64. The van der Waals surface area contributed by atoms with Crippen LogP contribution in [-0.4, -0.2) is 23.0 Å². The summed E-state index contributed by atoms with van der Waals surface area (Å²) in [5.74, 6) is -0.453. The molecule has 0 atom stereocenters. The molecule has 1 aliphatic heterocycles. The van der Waals surface area contributed by atoms with Gasteiger partial charge in [-0.05, 0) is 25.3 Å². The molecule has 0 N–H and O–H groups in total. The van der Waals surface area contributed by atoms with Crippen LogP contribution in [0.1, 0.15) is 51.4 Å². The standard InChI is InChI=1S/C13H17NO5/c15-11-8-9-12(16)14(11)19-13(17)18-10-6-4-2-1-3-5-7-10/h6H,1-5,7-9H2/b10-6-. The number of nitrogens with zero attached hydrogens (tertiary/aromatic N) is 1. The highest BCUT2D eigenvalue weighted by molar-refractivity contribution is 6.01. The van der Waals surface area contributed by atoms with Crippen LogP contribution >= 0.6 is 0 Å². The third-order valence-corrected chi connectivity index (χ3v) is 3.14. The van der Waals surface area contributed by atoms with Crippen LogP contribution in [0.4, 0.5) is 4.79 Å². The monoisotopic (exact) mass is 267 g/mol. The molecule has 0 radical (unpaired) electrons. The maximum Gasteiger partial charge on any atom is 0.539 e. The molecule has 2 aliphatic rings. The third kappa shape index (κ3) is 3.81. The largest absolute Gasteiger partial charge is 0.539 e. The van der Waals surface area contributed by atoms with Gasteiger partial charge in [0.15, 0.2) is 0 Å². The molecular weight excluding hydrogens is 250 g/mol. The van der Waals surface area contributed by atoms with Crippen LogP contribution in [-0.2, 0) is 19.2 Å². The molecule has 0 aromatic carbocycles. The molecule has 1 aliphatic carbocycles. The summed E-state index contributed by atoms with van der Waals surface area (Å²) in [4.78, 5) is 38.7. The molecule has 104 valence electrons. The van der Waals surface area contributed by atoms with Gasteiger partial charge in [-0.2, -0.15) is 0 Å². The fourth-order valence-corrected chi connectivity index (χ4v) is 2.11. The molecule has 2 rings (SSSR count). The van der Waals surface area contributed by atoms with Crippen LogP contribution in [0.3, 0.4) is 0 Å². The molecule has 0 bridgehead atoms. The van der Waals surface area contributed by atoms with Crippen LogP contribution in [0.2, 0.25) is 0 Å². The summed E-state index contributed by atoms with van der Waals surface area (Å²) in [6.45, 7) is 0. The van der Waals surface area contributed by atoms with Gasteiger partial charge in [0.1, 0.15) is 5.76 Å². The van der Waals surface area contributed by atoms with Gasteiger partial charge in [0.05, 0.1) is 0 Å². The number of allylic oxidation sites excluding steroid dienone is 2. The average molecular weight is 267 g/mol. The molecule has 0 aromatic heterocycles. The van der Waals surface area contributed by atoms with Crippen molar-refractivity contribution in [3.05, 3.63) is 11.8 Å². The third-order valence-electron chi connectivity index (χ3n) is 3.14. The lowest BCUT2D eigenvalue weighted by Crippen LogP contribution is -2.32. The van der Waals surface area contributed by atoms with Crippen molar-refractivity contribution in [3.8, 4) is 0 Å². The number of hydrogen-bond donors (Lipinski definition) is 0. The van der Waals surface area contributed by atoms with E-state index in [2.05, 4.69) is 4.84 Å². The van der Waals surface area contributed by atoms with Gasteiger partial charge in [-0.25, -0.2) is 4.79 Å². The van der Waals surface area contributed by atoms with Crippen molar-refractivity contribution in [3.63, 3.8) is 0 Å². The smallest absolute Gasteiger partial charge is 0.398 e. The van der Waals surface area contributed by atoms with Gasteiger partial charge in [-0.15, -0.1) is 0 Å². The highest BCUT2D eigenvalue weighted by Crippen LogP contribution is 2.19. The zero-order valence-corrected chi connectivity index (χ0v) is 10.7. The van der Waals surface area contributed by atoms with Crippen molar-refractivity contribution >= 4 is 18.0 Å². The number of rotatable bonds is 2. The minimum atomic E-state index is -1.02. The lowest BCUT2D eigenvalue weighted by molar-refractivity contribution is -0.176. The van der Waals surface area contributed by atoms with E-state index in [0.717, 1.165) is 25.7 Å². The lowest BCUT2D eigenvalue weighted by Gasteiger charge is -2.14. The minimum absolute atomic E-state index is 0.0782. The predicted octanol–water partition coefficient (Wildman–Crippen LogP) is 2.44. The zero-order chi connectivity index (χ0) is 13.7. The SMILES string of the molecule is O=C(O/C1=C\CCCCCC1)ON1C(=O)CCC1=O. The molecule has 1 saturated heterocycles. The van der Waals surface area contributed by atoms with Gasteiger partial charge >= 0.3 is 6.16 Å². The first-order chi connectivity index (χ1) is 9.16. The molecule has 6 heteroatoms. The zero-order valence-electron chi connectivity index (χ0n) is 10.7. The summed E-state index contributed by atoms with van der Waals surface area (Å²) in [5, 5.41) is 0.492. The molecule has 2 amide bonds. The van der Waals surface area contributed by atoms with Gasteiger partial charge in [-0.1, -0.05) is 17.9 Å². The van der Waals surface area contributed by atoms with E-state index >= 15 is 0 Å². The summed E-state index contributed by atoms with van der Waals surface area (Å²) < 4.78 is 5.04. The van der Waals surface area contributed by atoms with Gasteiger partial charge in [0.2, 0.25) is 0 Å². The van der Waals surface area contributed by atoms with Gasteiger partial charge < -0.3 is 4.74 Å². The van der Waals surface area contributed by atoms with E-state index in [-0.39, 0.29) is 12.8 Å². The van der Waals surface area contributed by atoms with E-state index < -0.39 is 18.0 Å². The van der Waals surface area contributed by atoms with Crippen molar-refractivity contribution in [2.45, 2.75) is 51.4 Å². The molecule has 0 spiro atoms. The minimum Gasteiger partial charge on any atom is -0.398 e. The van der Waals surface area contributed by atoms with E-state index in [1.54, 1.807) is 0 Å². The summed E-state index contributed by atoms with van der Waals surface area (Å²) >= 11 is 0. The van der Waals surface area contributed by atoms with E-state index in [4.69, 9.17) is 4.74 Å². The fourth-order valence-electron chi connectivity index (χ4n) is 2.11. The van der Waals surface area contributed by atoms with Crippen molar-refractivity contribution in [1.29, 1.82) is 0 Å². The highest BCUT2D eigenvalue weighted by Gasteiger charge is 2.33. The van der Waals surface area contributed by atoms with Crippen LogP contribution < -0.4 is 0 Å². The maximum atomic E-state index is 11.5. The molecule has 1 heterocycles. The number of carbonyl (C=O) groups is 3. The summed E-state index contributed by atoms with van der Waals surface area (Å²) in [5.41, 5.74) is 0. The number of amides is 2. The second kappa shape index (κ2) is 6.36. The molecular formula is C13H17NO5. The number of ether oxygens (including phenoxy) is 1. The van der Waals surface area contributed by atoms with Gasteiger partial charge in [0, 0.05) is 19.3 Å². The molecule has 0 unspecified atom stereocenters. The molecule has 6 nitrogen and oxygen atoms in total. The van der Waals surface area contributed by atoms with E-state index in [9.17, 15) is 14.4 Å². The normalized spacial score (nSPS) is 23.4. The van der Waals surface area contributed by atoms with Crippen LogP contribution in [0.15, 0.2) is 11.8 Å². The van der Waals surface area contributed by atoms with E-state index in [1.165, 1.54) is 6.42 Å². The first-order valence-electron chi connectivity index (χ1n) is 6.61. The van der Waals surface area contributed by atoms with E-state index in [0.29, 0.717) is 17.2 Å². The Hall–Kier alpha value is -1.85. The fraction of sp³-hybridized carbons (Fsp3) is 0.615. The Morgan fingerprint density at radius 2 is 1.68 bits per heavy atom. The van der Waals surface area contributed by atoms with E-state index in [1.807, 2.05) is 6.08 Å². The van der Waals surface area contributed by atoms with Crippen LogP contribution in [0, 0.1) is 0 Å². The van der Waals surface area contributed by atoms with Crippen molar-refractivity contribution in [1.82, 2.24) is 5.06 Å². The Labute approximate surface area is 111 Å². The first kappa shape index (κ1) is 13.6. The Bertz CT molecular complexity index is 399. The summed E-state index contributed by atoms with van der Waals surface area (Å²) in [7, 11) is 0. The Morgan fingerprint density at radius 1 is 1.00 bits per heavy atom. The number of hydroxylamine groups is 2. The van der Waals surface area contributed by atoms with Crippen LogP contribution in [0.5, 0.6) is 0 Å². The number of carbonyl (C=O) groups excluding carboxylic acids is 3. The lowest BCUT2D eigenvalue weighted by atomic mass is 10.1. The Balaban J connectivity index is 1.86. The van der Waals surface area contributed by atoms with Gasteiger partial charge in [0.25, 0.3) is 11.8 Å². The molecule has 1 fully saturated rings.